The first-order valence-electron chi connectivity index (χ1n) is 4.58. The monoisotopic (exact) mass is 188 g/mol. The second kappa shape index (κ2) is 5.94. The maximum absolute atomic E-state index is 10.9. The van der Waals surface area contributed by atoms with Crippen molar-refractivity contribution in [3.05, 3.63) is 0 Å². The molecule has 78 valence electrons. The highest BCUT2D eigenvalue weighted by Crippen LogP contribution is 2.08. The molecule has 0 heterocycles. The van der Waals surface area contributed by atoms with Crippen LogP contribution in [0.1, 0.15) is 13.8 Å². The quantitative estimate of drug-likeness (QED) is 0.627. The molecule has 0 amide bonds. The van der Waals surface area contributed by atoms with Crippen LogP contribution in [0.5, 0.6) is 0 Å². The molecule has 4 nitrogen and oxygen atoms in total. The highest BCUT2D eigenvalue weighted by Gasteiger charge is 2.25. The first-order chi connectivity index (χ1) is 6.00. The maximum Gasteiger partial charge on any atom is 0.321 e. The molecule has 2 N–H and O–H groups in total. The van der Waals surface area contributed by atoms with Crippen LogP contribution in [-0.4, -0.2) is 49.2 Å². The molecule has 1 unspecified atom stereocenters. The second-order valence-corrected chi connectivity index (χ2v) is 3.61. The van der Waals surface area contributed by atoms with E-state index < -0.39 is 5.97 Å². The van der Waals surface area contributed by atoms with Crippen LogP contribution in [0, 0.1) is 5.92 Å². The molecule has 1 atom stereocenters. The van der Waals surface area contributed by atoms with Gasteiger partial charge in [-0.05, 0) is 20.0 Å². The Balaban J connectivity index is 4.12. The topological polar surface area (TPSA) is 52.6 Å². The van der Waals surface area contributed by atoms with Crippen molar-refractivity contribution in [2.45, 2.75) is 19.9 Å². The van der Waals surface area contributed by atoms with Gasteiger partial charge in [-0.15, -0.1) is 0 Å². The summed E-state index contributed by atoms with van der Waals surface area (Å²) in [6, 6.07) is -0.381. The Morgan fingerprint density at radius 1 is 1.54 bits per heavy atom. The number of likely N-dealkylation sites (N-methyl/N-ethyl adjacent to an activating group) is 2. The van der Waals surface area contributed by atoms with E-state index in [2.05, 4.69) is 5.32 Å². The van der Waals surface area contributed by atoms with E-state index >= 15 is 0 Å². The smallest absolute Gasteiger partial charge is 0.321 e. The van der Waals surface area contributed by atoms with Crippen molar-refractivity contribution in [1.29, 1.82) is 0 Å². The van der Waals surface area contributed by atoms with E-state index in [9.17, 15) is 4.79 Å². The summed E-state index contributed by atoms with van der Waals surface area (Å²) in [4.78, 5) is 12.7. The van der Waals surface area contributed by atoms with Gasteiger partial charge in [-0.1, -0.05) is 13.8 Å². The minimum atomic E-state index is -0.742. The number of carboxylic acid groups (broad SMARTS) is 1. The number of hydrogen-bond donors (Lipinski definition) is 2. The third kappa shape index (κ3) is 4.24. The molecule has 0 spiro atoms. The number of hydrogen-bond acceptors (Lipinski definition) is 3. The minimum absolute atomic E-state index is 0.138. The van der Waals surface area contributed by atoms with E-state index in [-0.39, 0.29) is 12.0 Å². The lowest BCUT2D eigenvalue weighted by Crippen LogP contribution is -2.44. The van der Waals surface area contributed by atoms with E-state index in [0.717, 1.165) is 13.1 Å². The second-order valence-electron chi connectivity index (χ2n) is 3.61. The number of carbonyl (C=O) groups is 1. The van der Waals surface area contributed by atoms with Crippen LogP contribution < -0.4 is 5.32 Å². The zero-order valence-corrected chi connectivity index (χ0v) is 8.87. The SMILES string of the molecule is CNCCN(C)C(C(=O)O)C(C)C. The highest BCUT2D eigenvalue weighted by molar-refractivity contribution is 5.73. The molecule has 13 heavy (non-hydrogen) atoms. The summed E-state index contributed by atoms with van der Waals surface area (Å²) >= 11 is 0. The van der Waals surface area contributed by atoms with Gasteiger partial charge in [0.05, 0.1) is 0 Å². The normalized spacial score (nSPS) is 13.7. The summed E-state index contributed by atoms with van der Waals surface area (Å²) in [7, 11) is 3.70. The van der Waals surface area contributed by atoms with E-state index in [4.69, 9.17) is 5.11 Å². The van der Waals surface area contributed by atoms with Gasteiger partial charge in [0.15, 0.2) is 0 Å². The summed E-state index contributed by atoms with van der Waals surface area (Å²) in [5.41, 5.74) is 0. The Morgan fingerprint density at radius 2 is 2.08 bits per heavy atom. The van der Waals surface area contributed by atoms with Gasteiger partial charge >= 0.3 is 5.97 Å². The van der Waals surface area contributed by atoms with Crippen molar-refractivity contribution in [3.8, 4) is 0 Å². The lowest BCUT2D eigenvalue weighted by Gasteiger charge is -2.27. The Morgan fingerprint density at radius 3 is 2.38 bits per heavy atom. The fourth-order valence-corrected chi connectivity index (χ4v) is 1.41. The number of aliphatic carboxylic acids is 1. The maximum atomic E-state index is 10.9. The van der Waals surface area contributed by atoms with Gasteiger partial charge in [0, 0.05) is 13.1 Å². The Kier molecular flexibility index (Phi) is 5.66. The van der Waals surface area contributed by atoms with E-state index in [1.54, 1.807) is 0 Å². The van der Waals surface area contributed by atoms with Gasteiger partial charge < -0.3 is 10.4 Å². The first kappa shape index (κ1) is 12.4. The molecule has 0 rings (SSSR count). The van der Waals surface area contributed by atoms with Crippen molar-refractivity contribution in [2.24, 2.45) is 5.92 Å². The molecular formula is C9H20N2O2. The number of rotatable bonds is 6. The van der Waals surface area contributed by atoms with Gasteiger partial charge in [-0.3, -0.25) is 9.69 Å². The summed E-state index contributed by atoms with van der Waals surface area (Å²) in [5, 5.41) is 11.9. The fraction of sp³-hybridized carbons (Fsp3) is 0.889. The highest BCUT2D eigenvalue weighted by atomic mass is 16.4. The number of nitrogens with one attached hydrogen (secondary N) is 1. The third-order valence-corrected chi connectivity index (χ3v) is 2.07. The summed E-state index contributed by atoms with van der Waals surface area (Å²) in [5.74, 6) is -0.604. The van der Waals surface area contributed by atoms with Crippen molar-refractivity contribution >= 4 is 5.97 Å². The summed E-state index contributed by atoms with van der Waals surface area (Å²) in [6.07, 6.45) is 0. The Labute approximate surface area is 79.9 Å². The molecule has 0 fully saturated rings. The number of nitrogens with zero attached hydrogens (tertiary/aromatic N) is 1. The van der Waals surface area contributed by atoms with Crippen LogP contribution in [0.4, 0.5) is 0 Å². The summed E-state index contributed by atoms with van der Waals surface area (Å²) < 4.78 is 0. The van der Waals surface area contributed by atoms with Crippen LogP contribution in [0.25, 0.3) is 0 Å². The van der Waals surface area contributed by atoms with E-state index in [1.165, 1.54) is 0 Å². The third-order valence-electron chi connectivity index (χ3n) is 2.07. The van der Waals surface area contributed by atoms with Gasteiger partial charge in [-0.25, -0.2) is 0 Å². The van der Waals surface area contributed by atoms with Crippen LogP contribution in [0.3, 0.4) is 0 Å². The van der Waals surface area contributed by atoms with Gasteiger partial charge in [-0.2, -0.15) is 0 Å². The average molecular weight is 188 g/mol. The minimum Gasteiger partial charge on any atom is -0.480 e. The predicted molar refractivity (Wildman–Crippen MR) is 52.8 cm³/mol. The van der Waals surface area contributed by atoms with Crippen molar-refractivity contribution in [2.75, 3.05) is 27.2 Å². The van der Waals surface area contributed by atoms with Crippen molar-refractivity contribution in [3.63, 3.8) is 0 Å². The largest absolute Gasteiger partial charge is 0.480 e. The molecule has 0 bridgehead atoms. The van der Waals surface area contributed by atoms with Crippen LogP contribution in [-0.2, 0) is 4.79 Å². The lowest BCUT2D eigenvalue weighted by atomic mass is 10.0. The van der Waals surface area contributed by atoms with E-state index in [0.29, 0.717) is 0 Å². The zero-order chi connectivity index (χ0) is 10.4. The van der Waals surface area contributed by atoms with Gasteiger partial charge in [0.1, 0.15) is 6.04 Å². The molecule has 0 aromatic heterocycles. The molecule has 0 radical (unpaired) electrons. The molecule has 0 aliphatic heterocycles. The van der Waals surface area contributed by atoms with Crippen molar-refractivity contribution in [1.82, 2.24) is 10.2 Å². The molecule has 0 aliphatic rings. The number of carboxylic acids is 1. The predicted octanol–water partition coefficient (Wildman–Crippen LogP) is 0.247. The lowest BCUT2D eigenvalue weighted by molar-refractivity contribution is -0.144. The molecule has 0 aromatic rings. The van der Waals surface area contributed by atoms with Gasteiger partial charge in [0.2, 0.25) is 0 Å². The Bertz CT molecular complexity index is 160. The molecule has 0 saturated heterocycles. The fourth-order valence-electron chi connectivity index (χ4n) is 1.41. The first-order valence-corrected chi connectivity index (χ1v) is 4.58. The molecule has 4 heteroatoms. The molecule has 0 aromatic carbocycles. The summed E-state index contributed by atoms with van der Waals surface area (Å²) in [6.45, 7) is 5.42. The molecule has 0 saturated carbocycles. The van der Waals surface area contributed by atoms with Crippen LogP contribution in [0.2, 0.25) is 0 Å². The van der Waals surface area contributed by atoms with Crippen LogP contribution >= 0.6 is 0 Å². The van der Waals surface area contributed by atoms with Crippen LogP contribution in [0.15, 0.2) is 0 Å². The van der Waals surface area contributed by atoms with Gasteiger partial charge in [0.25, 0.3) is 0 Å². The Hall–Kier alpha value is -0.610. The molecule has 0 aliphatic carbocycles. The van der Waals surface area contributed by atoms with E-state index in [1.807, 2.05) is 32.8 Å². The zero-order valence-electron chi connectivity index (χ0n) is 8.87. The average Bonchev–Trinajstić information content (AvgIpc) is 1.99. The van der Waals surface area contributed by atoms with Crippen molar-refractivity contribution < 1.29 is 9.90 Å². The molecular weight excluding hydrogens is 168 g/mol. The standard InChI is InChI=1S/C9H20N2O2/c1-7(2)8(9(12)13)11(4)6-5-10-3/h7-8,10H,5-6H2,1-4H3,(H,12,13).